The van der Waals surface area contributed by atoms with Crippen molar-refractivity contribution in [1.82, 2.24) is 10.2 Å². The molecule has 2 N–H and O–H groups in total. The Bertz CT molecular complexity index is 953. The summed E-state index contributed by atoms with van der Waals surface area (Å²) in [7, 11) is 0. The van der Waals surface area contributed by atoms with Crippen LogP contribution in [0.2, 0.25) is 0 Å². The lowest BCUT2D eigenvalue weighted by molar-refractivity contribution is -0.113. The third-order valence-electron chi connectivity index (χ3n) is 3.36. The second-order valence-electron chi connectivity index (χ2n) is 5.61. The van der Waals surface area contributed by atoms with E-state index in [1.54, 1.807) is 24.3 Å². The van der Waals surface area contributed by atoms with Crippen molar-refractivity contribution in [2.24, 2.45) is 0 Å². The zero-order chi connectivity index (χ0) is 19.9. The van der Waals surface area contributed by atoms with E-state index in [0.717, 1.165) is 11.3 Å². The summed E-state index contributed by atoms with van der Waals surface area (Å²) in [6.45, 7) is 4.45. The molecule has 0 saturated carbocycles. The van der Waals surface area contributed by atoms with Crippen LogP contribution in [0.1, 0.15) is 22.2 Å². The molecule has 28 heavy (non-hydrogen) atoms. The summed E-state index contributed by atoms with van der Waals surface area (Å²) < 4.78 is 5.98. The summed E-state index contributed by atoms with van der Waals surface area (Å²) in [5.41, 5.74) is 1.74. The van der Waals surface area contributed by atoms with Gasteiger partial charge in [-0.25, -0.2) is 0 Å². The number of nitrogens with one attached hydrogen (secondary N) is 2. The summed E-state index contributed by atoms with van der Waals surface area (Å²) in [5, 5.41) is 15.8. The van der Waals surface area contributed by atoms with E-state index in [4.69, 9.17) is 4.74 Å². The first-order valence-electron chi connectivity index (χ1n) is 8.39. The van der Waals surface area contributed by atoms with Crippen LogP contribution in [0.5, 0.6) is 5.75 Å². The highest BCUT2D eigenvalue weighted by atomic mass is 32.2. The van der Waals surface area contributed by atoms with E-state index >= 15 is 0 Å². The highest BCUT2D eigenvalue weighted by Gasteiger charge is 2.13. The number of aryl methyl sites for hydroxylation is 1. The van der Waals surface area contributed by atoms with Crippen molar-refractivity contribution in [1.29, 1.82) is 0 Å². The normalized spacial score (nSPS) is 10.5. The second-order valence-corrected chi connectivity index (χ2v) is 8.72. The highest BCUT2D eigenvalue weighted by molar-refractivity contribution is 8.01. The number of rotatable bonds is 8. The molecule has 0 unspecified atom stereocenters. The molecule has 2 heterocycles. The quantitative estimate of drug-likeness (QED) is 0.406. The van der Waals surface area contributed by atoms with Gasteiger partial charge in [-0.3, -0.25) is 14.9 Å². The number of thiophene rings is 1. The second kappa shape index (κ2) is 9.67. The summed E-state index contributed by atoms with van der Waals surface area (Å²) in [6, 6.07) is 9.01. The minimum atomic E-state index is -0.209. The van der Waals surface area contributed by atoms with Crippen molar-refractivity contribution in [3.63, 3.8) is 0 Å². The number of anilines is 2. The van der Waals surface area contributed by atoms with Crippen molar-refractivity contribution >= 4 is 57.1 Å². The maximum Gasteiger partial charge on any atom is 0.267 e. The lowest BCUT2D eigenvalue weighted by Gasteiger charge is -2.06. The molecule has 0 saturated heterocycles. The third-order valence-corrected chi connectivity index (χ3v) is 6.38. The molecule has 7 nitrogen and oxygen atoms in total. The van der Waals surface area contributed by atoms with Gasteiger partial charge in [0.2, 0.25) is 11.0 Å². The number of ether oxygens (including phenoxy) is 1. The van der Waals surface area contributed by atoms with Gasteiger partial charge in [0.1, 0.15) is 5.75 Å². The Balaban J connectivity index is 1.47. The largest absolute Gasteiger partial charge is 0.494 e. The molecule has 2 amide bonds. The van der Waals surface area contributed by atoms with Gasteiger partial charge in [0.25, 0.3) is 5.91 Å². The van der Waals surface area contributed by atoms with Gasteiger partial charge in [0, 0.05) is 5.69 Å². The first-order valence-corrected chi connectivity index (χ1v) is 11.1. The number of amides is 2. The summed E-state index contributed by atoms with van der Waals surface area (Å²) in [4.78, 5) is 24.8. The predicted molar refractivity (Wildman–Crippen MR) is 114 cm³/mol. The molecule has 0 bridgehead atoms. The number of hydrogen-bond donors (Lipinski definition) is 2. The molecule has 0 aliphatic carbocycles. The lowest BCUT2D eigenvalue weighted by atomic mass is 10.3. The molecule has 1 aromatic carbocycles. The molecule has 3 rings (SSSR count). The highest BCUT2D eigenvalue weighted by Crippen LogP contribution is 2.26. The topological polar surface area (TPSA) is 93.2 Å². The van der Waals surface area contributed by atoms with Gasteiger partial charge in [-0.1, -0.05) is 23.1 Å². The number of hydrogen-bond acceptors (Lipinski definition) is 8. The maximum atomic E-state index is 12.1. The molecule has 146 valence electrons. The van der Waals surface area contributed by atoms with Crippen LogP contribution in [-0.2, 0) is 4.79 Å². The molecule has 2 aromatic heterocycles. The Kier molecular flexibility index (Phi) is 7.01. The number of nitrogens with zero attached hydrogens (tertiary/aromatic N) is 2. The average Bonchev–Trinajstić information content (AvgIpc) is 3.31. The van der Waals surface area contributed by atoms with Crippen LogP contribution < -0.4 is 15.4 Å². The molecule has 0 radical (unpaired) electrons. The van der Waals surface area contributed by atoms with Crippen LogP contribution >= 0.6 is 34.4 Å². The Morgan fingerprint density at radius 2 is 1.96 bits per heavy atom. The van der Waals surface area contributed by atoms with E-state index in [-0.39, 0.29) is 17.6 Å². The fourth-order valence-electron chi connectivity index (χ4n) is 2.15. The molecule has 0 atom stereocenters. The maximum absolute atomic E-state index is 12.1. The van der Waals surface area contributed by atoms with Crippen LogP contribution in [-0.4, -0.2) is 34.4 Å². The Hall–Kier alpha value is -2.43. The van der Waals surface area contributed by atoms with E-state index in [2.05, 4.69) is 20.8 Å². The van der Waals surface area contributed by atoms with Crippen LogP contribution in [0.4, 0.5) is 10.8 Å². The number of aromatic nitrogens is 2. The SMILES string of the molecule is CCOc1ccc(NC(=O)CSc2nnc(NC(=O)c3cc(C)cs3)s2)cc1. The van der Waals surface area contributed by atoms with Gasteiger partial charge in [-0.05, 0) is 55.1 Å². The molecular formula is C18H18N4O3S3. The van der Waals surface area contributed by atoms with Gasteiger partial charge < -0.3 is 10.1 Å². The van der Waals surface area contributed by atoms with E-state index in [1.165, 1.54) is 34.4 Å². The Morgan fingerprint density at radius 3 is 2.64 bits per heavy atom. The summed E-state index contributed by atoms with van der Waals surface area (Å²) >= 11 is 3.88. The molecule has 3 aromatic rings. The minimum Gasteiger partial charge on any atom is -0.494 e. The fourth-order valence-corrected chi connectivity index (χ4v) is 4.49. The summed E-state index contributed by atoms with van der Waals surface area (Å²) in [6.07, 6.45) is 0. The molecule has 0 spiro atoms. The minimum absolute atomic E-state index is 0.149. The van der Waals surface area contributed by atoms with Crippen LogP contribution in [0.15, 0.2) is 40.1 Å². The number of carbonyl (C=O) groups excluding carboxylic acids is 2. The molecule has 10 heteroatoms. The average molecular weight is 435 g/mol. The van der Waals surface area contributed by atoms with Gasteiger partial charge in [0.15, 0.2) is 4.34 Å². The Labute approximate surface area is 174 Å². The predicted octanol–water partition coefficient (Wildman–Crippen LogP) is 4.29. The van der Waals surface area contributed by atoms with Gasteiger partial charge in [-0.2, -0.15) is 0 Å². The van der Waals surface area contributed by atoms with Gasteiger partial charge in [-0.15, -0.1) is 21.5 Å². The third kappa shape index (κ3) is 5.78. The van der Waals surface area contributed by atoms with E-state index in [0.29, 0.717) is 26.6 Å². The first kappa shape index (κ1) is 20.3. The molecule has 0 aliphatic heterocycles. The van der Waals surface area contributed by atoms with Crippen molar-refractivity contribution < 1.29 is 14.3 Å². The zero-order valence-electron chi connectivity index (χ0n) is 15.2. The van der Waals surface area contributed by atoms with Crippen molar-refractivity contribution in [3.05, 3.63) is 46.2 Å². The van der Waals surface area contributed by atoms with Crippen LogP contribution in [0, 0.1) is 6.92 Å². The van der Waals surface area contributed by atoms with Crippen molar-refractivity contribution in [3.8, 4) is 5.75 Å². The molecule has 0 fully saturated rings. The standard InChI is InChI=1S/C18H18N4O3S3/c1-3-25-13-6-4-12(5-7-13)19-15(23)10-27-18-22-21-17(28-18)20-16(24)14-8-11(2)9-26-14/h4-9H,3,10H2,1-2H3,(H,19,23)(H,20,21,24). The van der Waals surface area contributed by atoms with Gasteiger partial charge >= 0.3 is 0 Å². The fraction of sp³-hybridized carbons (Fsp3) is 0.222. The lowest BCUT2D eigenvalue weighted by Crippen LogP contribution is -2.13. The van der Waals surface area contributed by atoms with Crippen LogP contribution in [0.3, 0.4) is 0 Å². The van der Waals surface area contributed by atoms with E-state index in [1.807, 2.05) is 25.3 Å². The first-order chi connectivity index (χ1) is 13.5. The molecular weight excluding hydrogens is 416 g/mol. The van der Waals surface area contributed by atoms with Crippen LogP contribution in [0.25, 0.3) is 0 Å². The van der Waals surface area contributed by atoms with E-state index in [9.17, 15) is 9.59 Å². The Morgan fingerprint density at radius 1 is 1.18 bits per heavy atom. The number of benzene rings is 1. The van der Waals surface area contributed by atoms with E-state index < -0.39 is 0 Å². The monoisotopic (exact) mass is 434 g/mol. The van der Waals surface area contributed by atoms with Crippen molar-refractivity contribution in [2.75, 3.05) is 23.0 Å². The van der Waals surface area contributed by atoms with Crippen molar-refractivity contribution in [2.45, 2.75) is 18.2 Å². The van der Waals surface area contributed by atoms with Gasteiger partial charge in [0.05, 0.1) is 17.2 Å². The number of carbonyl (C=O) groups is 2. The smallest absolute Gasteiger partial charge is 0.267 e. The summed E-state index contributed by atoms with van der Waals surface area (Å²) in [5.74, 6) is 0.596. The molecule has 0 aliphatic rings. The zero-order valence-corrected chi connectivity index (χ0v) is 17.7. The number of thioether (sulfide) groups is 1.